The van der Waals surface area contributed by atoms with Crippen LogP contribution in [-0.2, 0) is 0 Å². The highest BCUT2D eigenvalue weighted by molar-refractivity contribution is 6.39. The van der Waals surface area contributed by atoms with Crippen LogP contribution in [0.1, 0.15) is 24.2 Å². The average molecular weight is 291 g/mol. The number of aliphatic hydroxyl groups excluding tert-OH is 1. The molecule has 0 aliphatic heterocycles. The van der Waals surface area contributed by atoms with Crippen molar-refractivity contribution in [1.82, 2.24) is 4.90 Å². The second-order valence-corrected chi connectivity index (χ2v) is 5.50. The molecule has 0 unspecified atom stereocenters. The van der Waals surface area contributed by atoms with Gasteiger partial charge in [-0.2, -0.15) is 0 Å². The van der Waals surface area contributed by atoms with Gasteiger partial charge >= 0.3 is 0 Å². The van der Waals surface area contributed by atoms with Crippen LogP contribution in [0.3, 0.4) is 0 Å². The molecule has 0 saturated heterocycles. The number of rotatable bonds is 3. The summed E-state index contributed by atoms with van der Waals surface area (Å²) in [4.78, 5) is 13.7. The van der Waals surface area contributed by atoms with Crippen molar-refractivity contribution in [3.8, 4) is 0 Å². The first kappa shape index (κ1) is 15.1. The van der Waals surface area contributed by atoms with Gasteiger partial charge in [-0.15, -0.1) is 0 Å². The fourth-order valence-electron chi connectivity index (χ4n) is 1.28. The van der Waals surface area contributed by atoms with Crippen molar-refractivity contribution in [3.05, 3.63) is 27.7 Å². The van der Waals surface area contributed by atoms with Gasteiger partial charge in [0.25, 0.3) is 5.91 Å². The van der Waals surface area contributed by atoms with E-state index in [-0.39, 0.29) is 28.2 Å². The third-order valence-corrected chi connectivity index (χ3v) is 3.55. The SMILES string of the molecule is CN(C(=O)c1cc(Cl)c(N)c(Cl)c1)C(C)(C)CO. The van der Waals surface area contributed by atoms with Gasteiger partial charge < -0.3 is 15.7 Å². The van der Waals surface area contributed by atoms with Crippen LogP contribution < -0.4 is 5.73 Å². The summed E-state index contributed by atoms with van der Waals surface area (Å²) in [6, 6.07) is 2.93. The lowest BCUT2D eigenvalue weighted by Gasteiger charge is -2.34. The van der Waals surface area contributed by atoms with Gasteiger partial charge in [0.05, 0.1) is 27.9 Å². The number of likely N-dealkylation sites (N-methyl/N-ethyl adjacent to an activating group) is 1. The lowest BCUT2D eigenvalue weighted by atomic mass is 10.0. The largest absolute Gasteiger partial charge is 0.396 e. The van der Waals surface area contributed by atoms with Crippen molar-refractivity contribution in [2.45, 2.75) is 19.4 Å². The highest BCUT2D eigenvalue weighted by Gasteiger charge is 2.28. The number of amides is 1. The summed E-state index contributed by atoms with van der Waals surface area (Å²) in [7, 11) is 1.61. The molecule has 0 aliphatic rings. The fraction of sp³-hybridized carbons (Fsp3) is 0.417. The summed E-state index contributed by atoms with van der Waals surface area (Å²) in [6.07, 6.45) is 0. The van der Waals surface area contributed by atoms with Crippen LogP contribution in [0.4, 0.5) is 5.69 Å². The molecule has 0 saturated carbocycles. The Bertz CT molecular complexity index is 452. The van der Waals surface area contributed by atoms with Crippen LogP contribution in [0.5, 0.6) is 0 Å². The summed E-state index contributed by atoms with van der Waals surface area (Å²) < 4.78 is 0. The number of hydrogen-bond donors (Lipinski definition) is 2. The minimum atomic E-state index is -0.669. The van der Waals surface area contributed by atoms with Crippen LogP contribution in [0.25, 0.3) is 0 Å². The predicted molar refractivity (Wildman–Crippen MR) is 74.1 cm³/mol. The summed E-state index contributed by atoms with van der Waals surface area (Å²) in [6.45, 7) is 3.36. The quantitative estimate of drug-likeness (QED) is 0.840. The predicted octanol–water partition coefficient (Wildman–Crippen LogP) is 2.42. The molecular formula is C12H16Cl2N2O2. The number of carbonyl (C=O) groups is 1. The van der Waals surface area contributed by atoms with Crippen molar-refractivity contribution in [1.29, 1.82) is 0 Å². The number of anilines is 1. The summed E-state index contributed by atoms with van der Waals surface area (Å²) in [5, 5.41) is 9.72. The zero-order valence-corrected chi connectivity index (χ0v) is 12.0. The number of hydrogen-bond acceptors (Lipinski definition) is 3. The summed E-state index contributed by atoms with van der Waals surface area (Å²) in [5.41, 5.74) is 5.53. The highest BCUT2D eigenvalue weighted by Crippen LogP contribution is 2.29. The van der Waals surface area contributed by atoms with E-state index in [1.165, 1.54) is 17.0 Å². The molecule has 100 valence electrons. The minimum Gasteiger partial charge on any atom is -0.396 e. The van der Waals surface area contributed by atoms with Crippen LogP contribution in [0, 0.1) is 0 Å². The van der Waals surface area contributed by atoms with E-state index in [0.717, 1.165) is 0 Å². The Morgan fingerprint density at radius 3 is 2.22 bits per heavy atom. The van der Waals surface area contributed by atoms with E-state index in [4.69, 9.17) is 28.9 Å². The van der Waals surface area contributed by atoms with Crippen molar-refractivity contribution < 1.29 is 9.90 Å². The van der Waals surface area contributed by atoms with Gasteiger partial charge in [0, 0.05) is 12.6 Å². The van der Waals surface area contributed by atoms with Gasteiger partial charge in [-0.3, -0.25) is 4.79 Å². The van der Waals surface area contributed by atoms with E-state index in [1.54, 1.807) is 20.9 Å². The second-order valence-electron chi connectivity index (χ2n) is 4.69. The molecule has 0 aromatic heterocycles. The fourth-order valence-corrected chi connectivity index (χ4v) is 1.77. The van der Waals surface area contributed by atoms with Crippen molar-refractivity contribution in [2.24, 2.45) is 0 Å². The Morgan fingerprint density at radius 2 is 1.83 bits per heavy atom. The van der Waals surface area contributed by atoms with E-state index in [0.29, 0.717) is 5.56 Å². The molecule has 0 spiro atoms. The molecule has 3 N–H and O–H groups in total. The normalized spacial score (nSPS) is 11.4. The molecule has 0 bridgehead atoms. The molecule has 0 atom stereocenters. The molecule has 1 rings (SSSR count). The molecule has 0 heterocycles. The Morgan fingerprint density at radius 1 is 1.39 bits per heavy atom. The zero-order chi connectivity index (χ0) is 14.1. The van der Waals surface area contributed by atoms with Crippen molar-refractivity contribution in [3.63, 3.8) is 0 Å². The minimum absolute atomic E-state index is 0.147. The first-order valence-electron chi connectivity index (χ1n) is 5.34. The topological polar surface area (TPSA) is 66.6 Å². The average Bonchev–Trinajstić information content (AvgIpc) is 2.33. The number of nitrogen functional groups attached to an aromatic ring is 1. The summed E-state index contributed by atoms with van der Waals surface area (Å²) >= 11 is 11.8. The van der Waals surface area contributed by atoms with Gasteiger partial charge in [-0.1, -0.05) is 23.2 Å². The monoisotopic (exact) mass is 290 g/mol. The Hall–Kier alpha value is -0.970. The molecule has 1 amide bonds. The highest BCUT2D eigenvalue weighted by atomic mass is 35.5. The third-order valence-electron chi connectivity index (χ3n) is 2.93. The molecule has 1 aromatic rings. The van der Waals surface area contributed by atoms with E-state index >= 15 is 0 Å². The lowest BCUT2D eigenvalue weighted by Crippen LogP contribution is -2.47. The standard InChI is InChI=1S/C12H16Cl2N2O2/c1-12(2,6-17)16(3)11(18)7-4-8(13)10(15)9(14)5-7/h4-5,17H,6,15H2,1-3H3. The molecule has 0 radical (unpaired) electrons. The third kappa shape index (κ3) is 2.88. The smallest absolute Gasteiger partial charge is 0.254 e. The maximum absolute atomic E-state index is 12.2. The van der Waals surface area contributed by atoms with Crippen molar-refractivity contribution in [2.75, 3.05) is 19.4 Å². The first-order chi connectivity index (χ1) is 8.20. The van der Waals surface area contributed by atoms with Gasteiger partial charge in [0.1, 0.15) is 0 Å². The van der Waals surface area contributed by atoms with Gasteiger partial charge in [-0.25, -0.2) is 0 Å². The number of aliphatic hydroxyl groups is 1. The number of carbonyl (C=O) groups excluding carboxylic acids is 1. The lowest BCUT2D eigenvalue weighted by molar-refractivity contribution is 0.0473. The van der Waals surface area contributed by atoms with E-state index < -0.39 is 5.54 Å². The maximum Gasteiger partial charge on any atom is 0.254 e. The number of nitrogens with two attached hydrogens (primary N) is 1. The second kappa shape index (κ2) is 5.34. The molecular weight excluding hydrogens is 275 g/mol. The Balaban J connectivity index is 3.12. The van der Waals surface area contributed by atoms with Crippen LogP contribution in [-0.4, -0.2) is 35.1 Å². The molecule has 1 aromatic carbocycles. The first-order valence-corrected chi connectivity index (χ1v) is 6.10. The Kier molecular flexibility index (Phi) is 4.48. The number of halogens is 2. The number of benzene rings is 1. The maximum atomic E-state index is 12.2. The van der Waals surface area contributed by atoms with Crippen molar-refractivity contribution >= 4 is 34.8 Å². The molecule has 18 heavy (non-hydrogen) atoms. The zero-order valence-electron chi connectivity index (χ0n) is 10.5. The Labute approximate surface area is 116 Å². The van der Waals surface area contributed by atoms with Gasteiger partial charge in [0.2, 0.25) is 0 Å². The van der Waals surface area contributed by atoms with Crippen LogP contribution >= 0.6 is 23.2 Å². The summed E-state index contributed by atoms with van der Waals surface area (Å²) in [5.74, 6) is -0.280. The van der Waals surface area contributed by atoms with E-state index in [2.05, 4.69) is 0 Å². The molecule has 4 nitrogen and oxygen atoms in total. The van der Waals surface area contributed by atoms with Crippen LogP contribution in [0.2, 0.25) is 10.0 Å². The molecule has 6 heteroatoms. The van der Waals surface area contributed by atoms with E-state index in [9.17, 15) is 9.90 Å². The van der Waals surface area contributed by atoms with Crippen LogP contribution in [0.15, 0.2) is 12.1 Å². The molecule has 0 fully saturated rings. The van der Waals surface area contributed by atoms with Gasteiger partial charge in [0.15, 0.2) is 0 Å². The van der Waals surface area contributed by atoms with Gasteiger partial charge in [-0.05, 0) is 26.0 Å². The van der Waals surface area contributed by atoms with E-state index in [1.807, 2.05) is 0 Å². The molecule has 0 aliphatic carbocycles. The number of nitrogens with zero attached hydrogens (tertiary/aromatic N) is 1.